The number of nitrogens with zero attached hydrogens (tertiary/aromatic N) is 4. The van der Waals surface area contributed by atoms with Crippen LogP contribution in [0.1, 0.15) is 42.9 Å². The zero-order valence-corrected chi connectivity index (χ0v) is 17.6. The molecular formula is C23H21N5O2S. The lowest BCUT2D eigenvalue weighted by Gasteiger charge is -2.15. The van der Waals surface area contributed by atoms with E-state index < -0.39 is 0 Å². The van der Waals surface area contributed by atoms with E-state index in [0.29, 0.717) is 30.2 Å². The minimum Gasteiger partial charge on any atom is -0.347 e. The number of rotatable bonds is 5. The summed E-state index contributed by atoms with van der Waals surface area (Å²) in [6.07, 6.45) is 8.10. The lowest BCUT2D eigenvalue weighted by atomic mass is 10.1. The van der Waals surface area contributed by atoms with Gasteiger partial charge in [0.1, 0.15) is 11.3 Å². The van der Waals surface area contributed by atoms with Crippen molar-refractivity contribution in [1.29, 1.82) is 0 Å². The highest BCUT2D eigenvalue weighted by molar-refractivity contribution is 7.14. The average molecular weight is 432 g/mol. The van der Waals surface area contributed by atoms with Gasteiger partial charge in [0.2, 0.25) is 0 Å². The summed E-state index contributed by atoms with van der Waals surface area (Å²) in [4.78, 5) is 37.3. The summed E-state index contributed by atoms with van der Waals surface area (Å²) in [6, 6.07) is 13.2. The third-order valence-electron chi connectivity index (χ3n) is 5.53. The number of thiophene rings is 1. The number of carbonyl (C=O) groups is 2. The molecule has 0 saturated carbocycles. The Morgan fingerprint density at radius 2 is 2.03 bits per heavy atom. The third kappa shape index (κ3) is 4.06. The molecule has 0 aromatic carbocycles. The van der Waals surface area contributed by atoms with Gasteiger partial charge in [-0.3, -0.25) is 14.6 Å². The number of pyridine rings is 2. The second-order valence-corrected chi connectivity index (χ2v) is 8.68. The van der Waals surface area contributed by atoms with Gasteiger partial charge in [-0.05, 0) is 48.4 Å². The monoisotopic (exact) mass is 431 g/mol. The van der Waals surface area contributed by atoms with Gasteiger partial charge in [-0.15, -0.1) is 11.3 Å². The van der Waals surface area contributed by atoms with E-state index in [1.54, 1.807) is 24.5 Å². The van der Waals surface area contributed by atoms with Gasteiger partial charge >= 0.3 is 0 Å². The summed E-state index contributed by atoms with van der Waals surface area (Å²) in [5, 5.41) is 2.99. The molecule has 4 aromatic rings. The first-order chi connectivity index (χ1) is 15.2. The predicted octanol–water partition coefficient (Wildman–Crippen LogP) is 3.35. The summed E-state index contributed by atoms with van der Waals surface area (Å²) in [5.74, 6) is 0.132. The van der Waals surface area contributed by atoms with Crippen molar-refractivity contribution in [1.82, 2.24) is 24.6 Å². The number of carbonyl (C=O) groups excluding carboxylic acids is 2. The fourth-order valence-corrected chi connectivity index (χ4v) is 4.90. The van der Waals surface area contributed by atoms with Crippen LogP contribution < -0.4 is 5.32 Å². The molecule has 8 heteroatoms. The molecule has 5 heterocycles. The number of imidazole rings is 1. The summed E-state index contributed by atoms with van der Waals surface area (Å²) in [6.45, 7) is 1.81. The van der Waals surface area contributed by atoms with E-state index in [0.717, 1.165) is 22.5 Å². The van der Waals surface area contributed by atoms with Crippen LogP contribution in [-0.2, 0) is 6.54 Å². The molecule has 7 nitrogen and oxygen atoms in total. The summed E-state index contributed by atoms with van der Waals surface area (Å²) < 4.78 is 1.93. The van der Waals surface area contributed by atoms with E-state index in [2.05, 4.69) is 15.3 Å². The van der Waals surface area contributed by atoms with E-state index in [4.69, 9.17) is 0 Å². The molecule has 0 radical (unpaired) electrons. The van der Waals surface area contributed by atoms with Gasteiger partial charge in [-0.2, -0.15) is 0 Å². The first kappa shape index (κ1) is 19.4. The first-order valence-corrected chi connectivity index (χ1v) is 11.0. The molecular weight excluding hydrogens is 410 g/mol. The van der Waals surface area contributed by atoms with Crippen LogP contribution in [0.4, 0.5) is 0 Å². The van der Waals surface area contributed by atoms with Crippen molar-refractivity contribution in [3.05, 3.63) is 88.3 Å². The van der Waals surface area contributed by atoms with Gasteiger partial charge in [-0.25, -0.2) is 4.98 Å². The Morgan fingerprint density at radius 1 is 1.10 bits per heavy atom. The SMILES string of the molecule is O=C(NCc1ccn2ccnc2c1)c1ccc(C2CCN(C(=O)c3ccccn3)C2)s1. The Balaban J connectivity index is 1.19. The summed E-state index contributed by atoms with van der Waals surface area (Å²) in [7, 11) is 0. The molecule has 31 heavy (non-hydrogen) atoms. The zero-order valence-electron chi connectivity index (χ0n) is 16.8. The van der Waals surface area contributed by atoms with Crippen LogP contribution in [0.15, 0.2) is 67.3 Å². The molecule has 0 aliphatic carbocycles. The zero-order chi connectivity index (χ0) is 21.2. The Morgan fingerprint density at radius 3 is 2.90 bits per heavy atom. The maximum Gasteiger partial charge on any atom is 0.272 e. The number of hydrogen-bond donors (Lipinski definition) is 1. The number of fused-ring (bicyclic) bond motifs is 1. The van der Waals surface area contributed by atoms with E-state index in [9.17, 15) is 9.59 Å². The van der Waals surface area contributed by atoms with Crippen molar-refractivity contribution in [3.63, 3.8) is 0 Å². The van der Waals surface area contributed by atoms with Crippen molar-refractivity contribution >= 4 is 28.8 Å². The minimum atomic E-state index is -0.0844. The number of amides is 2. The molecule has 1 N–H and O–H groups in total. The van der Waals surface area contributed by atoms with Gasteiger partial charge in [0, 0.05) is 55.2 Å². The number of aromatic nitrogens is 3. The van der Waals surface area contributed by atoms with Crippen LogP contribution in [-0.4, -0.2) is 44.2 Å². The Bertz CT molecular complexity index is 1230. The molecule has 156 valence electrons. The van der Waals surface area contributed by atoms with Gasteiger partial charge in [0.05, 0.1) is 4.88 Å². The number of likely N-dealkylation sites (tertiary alicyclic amines) is 1. The Labute approximate surface area is 183 Å². The Hall–Kier alpha value is -3.52. The molecule has 1 fully saturated rings. The summed E-state index contributed by atoms with van der Waals surface area (Å²) >= 11 is 1.50. The maximum atomic E-state index is 12.6. The van der Waals surface area contributed by atoms with E-state index in [1.807, 2.05) is 52.0 Å². The predicted molar refractivity (Wildman–Crippen MR) is 118 cm³/mol. The standard InChI is InChI=1S/C23H21N5O2S/c29-22(26-14-16-6-10-27-12-9-25-21(27)13-16)20-5-4-19(31-20)17-7-11-28(15-17)23(30)18-3-1-2-8-24-18/h1-6,8-10,12-13,17H,7,11,14-15H2,(H,26,29). The molecule has 4 aromatic heterocycles. The van der Waals surface area contributed by atoms with Crippen LogP contribution in [0.5, 0.6) is 0 Å². The first-order valence-electron chi connectivity index (χ1n) is 10.2. The van der Waals surface area contributed by atoms with Crippen LogP contribution in [0.3, 0.4) is 0 Å². The maximum absolute atomic E-state index is 12.6. The van der Waals surface area contributed by atoms with Crippen molar-refractivity contribution in [3.8, 4) is 0 Å². The highest BCUT2D eigenvalue weighted by Gasteiger charge is 2.29. The average Bonchev–Trinajstić information content (AvgIpc) is 3.57. The molecule has 1 atom stereocenters. The minimum absolute atomic E-state index is 0.0351. The van der Waals surface area contributed by atoms with Gasteiger partial charge in [0.15, 0.2) is 0 Å². The quantitative estimate of drug-likeness (QED) is 0.526. The molecule has 0 bridgehead atoms. The molecule has 0 spiro atoms. The topological polar surface area (TPSA) is 79.6 Å². The third-order valence-corrected chi connectivity index (χ3v) is 6.77. The van der Waals surface area contributed by atoms with Crippen molar-refractivity contribution < 1.29 is 9.59 Å². The van der Waals surface area contributed by atoms with Crippen molar-refractivity contribution in [2.75, 3.05) is 13.1 Å². The van der Waals surface area contributed by atoms with Gasteiger partial charge in [0.25, 0.3) is 11.8 Å². The normalized spacial score (nSPS) is 16.0. The molecule has 1 aliphatic heterocycles. The molecule has 5 rings (SSSR count). The number of nitrogens with one attached hydrogen (secondary N) is 1. The van der Waals surface area contributed by atoms with E-state index >= 15 is 0 Å². The van der Waals surface area contributed by atoms with Crippen molar-refractivity contribution in [2.45, 2.75) is 18.9 Å². The fourth-order valence-electron chi connectivity index (χ4n) is 3.85. The second-order valence-electron chi connectivity index (χ2n) is 7.56. The largest absolute Gasteiger partial charge is 0.347 e. The number of hydrogen-bond acceptors (Lipinski definition) is 5. The smallest absolute Gasteiger partial charge is 0.272 e. The van der Waals surface area contributed by atoms with Gasteiger partial charge in [-0.1, -0.05) is 6.07 Å². The van der Waals surface area contributed by atoms with Crippen LogP contribution in [0.25, 0.3) is 5.65 Å². The lowest BCUT2D eigenvalue weighted by Crippen LogP contribution is -2.29. The highest BCUT2D eigenvalue weighted by Crippen LogP contribution is 2.32. The van der Waals surface area contributed by atoms with Crippen LogP contribution >= 0.6 is 11.3 Å². The summed E-state index contributed by atoms with van der Waals surface area (Å²) in [5.41, 5.74) is 2.34. The lowest BCUT2D eigenvalue weighted by molar-refractivity contribution is 0.0784. The molecule has 1 saturated heterocycles. The molecule has 1 unspecified atom stereocenters. The van der Waals surface area contributed by atoms with E-state index in [-0.39, 0.29) is 17.7 Å². The molecule has 2 amide bonds. The van der Waals surface area contributed by atoms with E-state index in [1.165, 1.54) is 11.3 Å². The van der Waals surface area contributed by atoms with Crippen molar-refractivity contribution in [2.24, 2.45) is 0 Å². The fraction of sp³-hybridized carbons (Fsp3) is 0.217. The van der Waals surface area contributed by atoms with Crippen LogP contribution in [0.2, 0.25) is 0 Å². The highest BCUT2D eigenvalue weighted by atomic mass is 32.1. The second kappa shape index (κ2) is 8.31. The van der Waals surface area contributed by atoms with Crippen LogP contribution in [0, 0.1) is 0 Å². The van der Waals surface area contributed by atoms with Gasteiger partial charge < -0.3 is 14.6 Å². The Kier molecular flexibility index (Phi) is 5.21. The molecule has 1 aliphatic rings.